The number of rotatable bonds is 32. The smallest absolute Gasteiger partial charge is 0.106 e. The second kappa shape index (κ2) is 48.4. The zero-order chi connectivity index (χ0) is 40.0. The Morgan fingerprint density at radius 2 is 0.778 bits per heavy atom. The van der Waals surface area contributed by atoms with Crippen molar-refractivity contribution in [1.29, 1.82) is 0 Å². The van der Waals surface area contributed by atoms with Crippen LogP contribution in [0.15, 0.2) is 146 Å². The Balaban J connectivity index is 0. The van der Waals surface area contributed by atoms with Crippen LogP contribution in [-0.4, -0.2) is 24.4 Å². The summed E-state index contributed by atoms with van der Waals surface area (Å²) in [5, 5.41) is 0. The highest BCUT2D eigenvalue weighted by molar-refractivity contribution is 8.00. The van der Waals surface area contributed by atoms with E-state index in [4.69, 9.17) is 18.1 Å². The molecule has 0 N–H and O–H groups in total. The van der Waals surface area contributed by atoms with E-state index in [-0.39, 0.29) is 24.4 Å². The minimum Gasteiger partial charge on any atom is -0.356 e. The molecular formula is C44H74O4P6. The standard InChI is InChI=1S/2C22H37O2P3/c2*1-3-5-7-9-11-12-13-14-16-17-19-21(23-25)22(24-27-26)20-18-15-10-8-6-4-2/h2*6-9,12-19,21-22,27H,3-5,10-11,20,25-26H2,1-2H3/b8-6-,9-7-,13-12-,16-14-,18-15-,19-17+;8-6-,9-7-,13-12-,16-14-,18-15-,19-17-. The zero-order valence-electron chi connectivity index (χ0n) is 33.6. The maximum Gasteiger partial charge on any atom is 0.106 e. The summed E-state index contributed by atoms with van der Waals surface area (Å²) in [5.74, 6) is 0. The molecule has 0 aliphatic rings. The quantitative estimate of drug-likeness (QED) is 0.0384. The second-order valence-corrected chi connectivity index (χ2v) is 14.7. The predicted molar refractivity (Wildman–Crippen MR) is 263 cm³/mol. The van der Waals surface area contributed by atoms with Crippen molar-refractivity contribution in [3.63, 3.8) is 0 Å². The molecule has 0 saturated carbocycles. The van der Waals surface area contributed by atoms with Crippen molar-refractivity contribution in [2.24, 2.45) is 0 Å². The van der Waals surface area contributed by atoms with Gasteiger partial charge in [0.25, 0.3) is 0 Å². The summed E-state index contributed by atoms with van der Waals surface area (Å²) < 4.78 is 22.8. The van der Waals surface area contributed by atoms with Gasteiger partial charge in [0.05, 0.1) is 12.2 Å². The number of allylic oxidation sites excluding steroid dienone is 20. The molecule has 4 nitrogen and oxygen atoms in total. The summed E-state index contributed by atoms with van der Waals surface area (Å²) in [6, 6.07) is 0. The SMILES string of the molecule is CC/C=C\C/C=C\CC(OPP)C(/C=C/C=C\C=C/C/C=C\CCC)OP.CC/C=C\C/C=C\CC(OPP)C(\C=C/C=C\C=C/C/C=C\CCC)OP. The summed E-state index contributed by atoms with van der Waals surface area (Å²) in [5.41, 5.74) is 0. The van der Waals surface area contributed by atoms with Crippen molar-refractivity contribution in [3.8, 4) is 0 Å². The molecule has 0 spiro atoms. The van der Waals surface area contributed by atoms with E-state index >= 15 is 0 Å². The fourth-order valence-electron chi connectivity index (χ4n) is 4.36. The molecule has 0 heterocycles. The molecule has 0 fully saturated rings. The molecule has 54 heavy (non-hydrogen) atoms. The summed E-state index contributed by atoms with van der Waals surface area (Å²) in [6.07, 6.45) is 63.3. The lowest BCUT2D eigenvalue weighted by Crippen LogP contribution is -2.24. The maximum absolute atomic E-state index is 5.85. The third-order valence-corrected chi connectivity index (χ3v) is 9.56. The van der Waals surface area contributed by atoms with Gasteiger partial charge in [-0.3, -0.25) is 0 Å². The van der Waals surface area contributed by atoms with E-state index in [9.17, 15) is 0 Å². The van der Waals surface area contributed by atoms with E-state index in [1.807, 2.05) is 48.6 Å². The number of unbranched alkanes of at least 4 members (excludes halogenated alkanes) is 2. The van der Waals surface area contributed by atoms with Crippen LogP contribution in [-0.2, 0) is 18.1 Å². The van der Waals surface area contributed by atoms with Gasteiger partial charge < -0.3 is 18.1 Å². The Hall–Kier alpha value is -0.700. The minimum absolute atomic E-state index is 0.00799. The molecule has 304 valence electrons. The molecule has 0 amide bonds. The lowest BCUT2D eigenvalue weighted by Gasteiger charge is -2.21. The molecule has 0 saturated heterocycles. The Morgan fingerprint density at radius 1 is 0.426 bits per heavy atom. The minimum atomic E-state index is -0.0931. The molecule has 10 heteroatoms. The van der Waals surface area contributed by atoms with Gasteiger partial charge in [0.2, 0.25) is 0 Å². The predicted octanol–water partition coefficient (Wildman–Crippen LogP) is 15.3. The summed E-state index contributed by atoms with van der Waals surface area (Å²) in [4.78, 5) is 0. The van der Waals surface area contributed by atoms with Gasteiger partial charge in [-0.15, -0.1) is 0 Å². The largest absolute Gasteiger partial charge is 0.356 e. The van der Waals surface area contributed by atoms with E-state index in [2.05, 4.69) is 162 Å². The molecular weight excluding hydrogens is 778 g/mol. The Kier molecular flexibility index (Phi) is 49.7. The van der Waals surface area contributed by atoms with Crippen molar-refractivity contribution < 1.29 is 18.1 Å². The number of hydrogen-bond donors (Lipinski definition) is 0. The molecule has 0 aromatic carbocycles. The van der Waals surface area contributed by atoms with Crippen LogP contribution >= 0.6 is 53.8 Å². The zero-order valence-corrected chi connectivity index (χ0v) is 40.2. The van der Waals surface area contributed by atoms with Gasteiger partial charge in [0.1, 0.15) is 12.2 Å². The summed E-state index contributed by atoms with van der Waals surface area (Å²) >= 11 is 0. The van der Waals surface area contributed by atoms with E-state index in [1.54, 1.807) is 0 Å². The van der Waals surface area contributed by atoms with Crippen LogP contribution < -0.4 is 0 Å². The van der Waals surface area contributed by atoms with Crippen molar-refractivity contribution in [3.05, 3.63) is 146 Å². The Bertz CT molecular complexity index is 1080. The monoisotopic (exact) mass is 852 g/mol. The summed E-state index contributed by atoms with van der Waals surface area (Å²) in [7, 11) is 10.7. The molecule has 0 aromatic heterocycles. The second-order valence-electron chi connectivity index (χ2n) is 11.8. The highest BCUT2D eigenvalue weighted by atomic mass is 32.0. The van der Waals surface area contributed by atoms with Crippen LogP contribution in [0.3, 0.4) is 0 Å². The van der Waals surface area contributed by atoms with Gasteiger partial charge in [-0.2, -0.15) is 0 Å². The number of hydrogen-bond acceptors (Lipinski definition) is 4. The van der Waals surface area contributed by atoms with Crippen molar-refractivity contribution in [2.45, 2.75) is 129 Å². The van der Waals surface area contributed by atoms with Gasteiger partial charge in [-0.1, -0.05) is 204 Å². The van der Waals surface area contributed by atoms with E-state index in [1.165, 1.54) is 12.8 Å². The molecule has 0 bridgehead atoms. The third-order valence-electron chi connectivity index (χ3n) is 7.23. The van der Waals surface area contributed by atoms with Crippen LogP contribution in [0.1, 0.15) is 105 Å². The highest BCUT2D eigenvalue weighted by Crippen LogP contribution is 2.29. The lowest BCUT2D eigenvalue weighted by molar-refractivity contribution is 0.116. The van der Waals surface area contributed by atoms with Crippen LogP contribution in [0, 0.1) is 0 Å². The first-order valence-electron chi connectivity index (χ1n) is 19.4. The van der Waals surface area contributed by atoms with E-state index < -0.39 is 0 Å². The Labute approximate surface area is 345 Å². The molecule has 0 radical (unpaired) electrons. The van der Waals surface area contributed by atoms with Crippen molar-refractivity contribution >= 4 is 53.8 Å². The van der Waals surface area contributed by atoms with Gasteiger partial charge in [0.15, 0.2) is 0 Å². The van der Waals surface area contributed by atoms with E-state index in [0.29, 0.717) is 17.0 Å². The van der Waals surface area contributed by atoms with E-state index in [0.717, 1.165) is 64.2 Å². The first-order chi connectivity index (χ1) is 26.6. The third kappa shape index (κ3) is 39.5. The molecule has 10 unspecified atom stereocenters. The average Bonchev–Trinajstić information content (AvgIpc) is 3.18. The fraction of sp³-hybridized carbons (Fsp3) is 0.455. The molecule has 0 aliphatic heterocycles. The molecule has 0 aromatic rings. The first kappa shape index (κ1) is 55.4. The fourth-order valence-corrected chi connectivity index (χ4v) is 6.75. The van der Waals surface area contributed by atoms with Gasteiger partial charge in [-0.25, -0.2) is 0 Å². The van der Waals surface area contributed by atoms with Crippen LogP contribution in [0.25, 0.3) is 0 Å². The van der Waals surface area contributed by atoms with Crippen LogP contribution in [0.5, 0.6) is 0 Å². The first-order valence-corrected chi connectivity index (χ1v) is 25.8. The van der Waals surface area contributed by atoms with Crippen LogP contribution in [0.2, 0.25) is 0 Å². The topological polar surface area (TPSA) is 36.9 Å². The van der Waals surface area contributed by atoms with Crippen molar-refractivity contribution in [2.75, 3.05) is 0 Å². The normalized spacial score (nSPS) is 16.0. The lowest BCUT2D eigenvalue weighted by atomic mass is 10.1. The van der Waals surface area contributed by atoms with Crippen molar-refractivity contribution in [1.82, 2.24) is 0 Å². The molecule has 0 rings (SSSR count). The highest BCUT2D eigenvalue weighted by Gasteiger charge is 2.18. The Morgan fingerprint density at radius 3 is 1.13 bits per heavy atom. The molecule has 10 atom stereocenters. The maximum atomic E-state index is 5.85. The average molecular weight is 853 g/mol. The molecule has 0 aliphatic carbocycles. The van der Waals surface area contributed by atoms with Gasteiger partial charge in [0, 0.05) is 35.9 Å². The van der Waals surface area contributed by atoms with Gasteiger partial charge in [-0.05, 0) is 64.2 Å². The van der Waals surface area contributed by atoms with Crippen LogP contribution in [0.4, 0.5) is 0 Å². The summed E-state index contributed by atoms with van der Waals surface area (Å²) in [6.45, 7) is 8.67. The van der Waals surface area contributed by atoms with Gasteiger partial charge >= 0.3 is 0 Å².